The smallest absolute Gasteiger partial charge is 0.128 e. The first-order chi connectivity index (χ1) is 12.2. The average molecular weight is 341 g/mol. The molecule has 4 nitrogen and oxygen atoms in total. The highest BCUT2D eigenvalue weighted by atomic mass is 19.1. The van der Waals surface area contributed by atoms with Gasteiger partial charge in [0.1, 0.15) is 11.6 Å². The van der Waals surface area contributed by atoms with Gasteiger partial charge in [-0.1, -0.05) is 18.2 Å². The van der Waals surface area contributed by atoms with Crippen molar-refractivity contribution in [2.24, 2.45) is 5.41 Å². The van der Waals surface area contributed by atoms with Gasteiger partial charge in [0.2, 0.25) is 0 Å². The maximum Gasteiger partial charge on any atom is 0.128 e. The third kappa shape index (κ3) is 3.83. The van der Waals surface area contributed by atoms with Crippen LogP contribution in [0, 0.1) is 11.2 Å². The Hall–Kier alpha value is -1.98. The number of hydrogen-bond donors (Lipinski definition) is 0. The molecule has 0 amide bonds. The third-order valence-electron chi connectivity index (χ3n) is 5.25. The van der Waals surface area contributed by atoms with E-state index in [1.807, 2.05) is 30.5 Å². The van der Waals surface area contributed by atoms with E-state index in [2.05, 4.69) is 20.9 Å². The predicted molar refractivity (Wildman–Crippen MR) is 96.0 cm³/mol. The van der Waals surface area contributed by atoms with Crippen LogP contribution >= 0.6 is 0 Å². The molecule has 2 aliphatic rings. The monoisotopic (exact) mass is 341 g/mol. The fourth-order valence-electron chi connectivity index (χ4n) is 3.98. The number of aromatic nitrogens is 1. The van der Waals surface area contributed by atoms with Crippen LogP contribution < -0.4 is 4.90 Å². The van der Waals surface area contributed by atoms with Crippen LogP contribution in [0.4, 0.5) is 10.2 Å². The Morgan fingerprint density at radius 1 is 1.08 bits per heavy atom. The Labute approximate surface area is 148 Å². The summed E-state index contributed by atoms with van der Waals surface area (Å²) in [4.78, 5) is 9.31. The molecule has 0 N–H and O–H groups in total. The first kappa shape index (κ1) is 16.5. The first-order valence-electron chi connectivity index (χ1n) is 8.93. The average Bonchev–Trinajstić information content (AvgIpc) is 2.94. The number of benzene rings is 1. The van der Waals surface area contributed by atoms with Crippen LogP contribution in [0.5, 0.6) is 0 Å². The summed E-state index contributed by atoms with van der Waals surface area (Å²) >= 11 is 0. The highest BCUT2D eigenvalue weighted by Gasteiger charge is 2.41. The molecule has 0 bridgehead atoms. The highest BCUT2D eigenvalue weighted by Crippen LogP contribution is 2.35. The van der Waals surface area contributed by atoms with Gasteiger partial charge in [0.25, 0.3) is 0 Å². The largest absolute Gasteiger partial charge is 0.379 e. The summed E-state index contributed by atoms with van der Waals surface area (Å²) in [5.41, 5.74) is 1.30. The summed E-state index contributed by atoms with van der Waals surface area (Å²) in [6, 6.07) is 12.9. The Balaban J connectivity index is 1.45. The van der Waals surface area contributed by atoms with Gasteiger partial charge in [-0.2, -0.15) is 0 Å². The summed E-state index contributed by atoms with van der Waals surface area (Å²) in [5.74, 6) is 0.870. The van der Waals surface area contributed by atoms with Crippen LogP contribution in [0.1, 0.15) is 12.0 Å². The maximum atomic E-state index is 13.1. The topological polar surface area (TPSA) is 28.6 Å². The van der Waals surface area contributed by atoms with Crippen molar-refractivity contribution in [2.75, 3.05) is 44.3 Å². The van der Waals surface area contributed by atoms with Gasteiger partial charge in [-0.05, 0) is 36.2 Å². The van der Waals surface area contributed by atoms with Crippen LogP contribution in [-0.4, -0.2) is 49.3 Å². The minimum Gasteiger partial charge on any atom is -0.379 e. The van der Waals surface area contributed by atoms with E-state index in [0.717, 1.165) is 63.7 Å². The minimum absolute atomic E-state index is 0.147. The zero-order valence-electron chi connectivity index (χ0n) is 14.4. The second-order valence-corrected chi connectivity index (χ2v) is 7.25. The van der Waals surface area contributed by atoms with Crippen LogP contribution in [0.3, 0.4) is 0 Å². The molecule has 25 heavy (non-hydrogen) atoms. The van der Waals surface area contributed by atoms with Crippen molar-refractivity contribution >= 4 is 5.82 Å². The van der Waals surface area contributed by atoms with Crippen molar-refractivity contribution in [3.8, 4) is 0 Å². The lowest BCUT2D eigenvalue weighted by molar-refractivity contribution is 0.0798. The molecule has 2 aromatic rings. The molecular weight excluding hydrogens is 317 g/mol. The van der Waals surface area contributed by atoms with Gasteiger partial charge in [-0.25, -0.2) is 9.37 Å². The zero-order valence-corrected chi connectivity index (χ0v) is 14.4. The van der Waals surface area contributed by atoms with E-state index in [-0.39, 0.29) is 11.2 Å². The second kappa shape index (κ2) is 7.10. The standard InChI is InChI=1S/C20H24FN3O/c21-18-6-4-17(5-7-18)13-23-11-12-25-16-20(14-23)8-10-24(15-20)19-3-1-2-9-22-19/h1-7,9H,8,10-16H2/t20-/m0/s1. The maximum absolute atomic E-state index is 13.1. The number of nitrogens with zero attached hydrogens (tertiary/aromatic N) is 3. The fraction of sp³-hybridized carbons (Fsp3) is 0.450. The number of halogens is 1. The number of hydrogen-bond acceptors (Lipinski definition) is 4. The van der Waals surface area contributed by atoms with E-state index in [4.69, 9.17) is 4.74 Å². The Kier molecular flexibility index (Phi) is 4.68. The molecule has 1 atom stereocenters. The molecule has 5 heteroatoms. The van der Waals surface area contributed by atoms with Crippen molar-refractivity contribution in [2.45, 2.75) is 13.0 Å². The lowest BCUT2D eigenvalue weighted by Crippen LogP contribution is -2.40. The van der Waals surface area contributed by atoms with E-state index in [1.54, 1.807) is 0 Å². The summed E-state index contributed by atoms with van der Waals surface area (Å²) in [7, 11) is 0. The molecule has 4 rings (SSSR count). The quantitative estimate of drug-likeness (QED) is 0.858. The number of pyridine rings is 1. The van der Waals surface area contributed by atoms with Crippen LogP contribution in [-0.2, 0) is 11.3 Å². The molecule has 0 saturated carbocycles. The molecular formula is C20H24FN3O. The van der Waals surface area contributed by atoms with Gasteiger partial charge in [0.05, 0.1) is 13.2 Å². The van der Waals surface area contributed by atoms with Crippen molar-refractivity contribution in [3.63, 3.8) is 0 Å². The van der Waals surface area contributed by atoms with Gasteiger partial charge < -0.3 is 9.64 Å². The van der Waals surface area contributed by atoms with Gasteiger partial charge in [0.15, 0.2) is 0 Å². The van der Waals surface area contributed by atoms with E-state index in [1.165, 1.54) is 12.1 Å². The lowest BCUT2D eigenvalue weighted by atomic mass is 9.87. The van der Waals surface area contributed by atoms with Gasteiger partial charge in [0, 0.05) is 44.3 Å². The molecule has 1 aromatic carbocycles. The number of rotatable bonds is 3. The van der Waals surface area contributed by atoms with Gasteiger partial charge >= 0.3 is 0 Å². The second-order valence-electron chi connectivity index (χ2n) is 7.25. The summed E-state index contributed by atoms with van der Waals surface area (Å²) in [6.45, 7) is 6.32. The SMILES string of the molecule is Fc1ccc(CN2CCOC[C@@]3(CCN(c4ccccn4)C3)C2)cc1. The van der Waals surface area contributed by atoms with Crippen molar-refractivity contribution in [1.29, 1.82) is 0 Å². The molecule has 0 aliphatic carbocycles. The van der Waals surface area contributed by atoms with E-state index < -0.39 is 0 Å². The minimum atomic E-state index is -0.179. The Morgan fingerprint density at radius 2 is 1.96 bits per heavy atom. The van der Waals surface area contributed by atoms with Crippen LogP contribution in [0.2, 0.25) is 0 Å². The Morgan fingerprint density at radius 3 is 2.76 bits per heavy atom. The van der Waals surface area contributed by atoms with E-state index in [0.29, 0.717) is 0 Å². The fourth-order valence-corrected chi connectivity index (χ4v) is 3.98. The highest BCUT2D eigenvalue weighted by molar-refractivity contribution is 5.40. The Bertz CT molecular complexity index is 694. The first-order valence-corrected chi connectivity index (χ1v) is 8.93. The number of anilines is 1. The van der Waals surface area contributed by atoms with E-state index >= 15 is 0 Å². The van der Waals surface area contributed by atoms with Crippen LogP contribution in [0.25, 0.3) is 0 Å². The zero-order chi connectivity index (χ0) is 17.1. The van der Waals surface area contributed by atoms with Gasteiger partial charge in [-0.15, -0.1) is 0 Å². The molecule has 1 spiro atoms. The summed E-state index contributed by atoms with van der Waals surface area (Å²) in [5, 5.41) is 0. The molecule has 1 aromatic heterocycles. The van der Waals surface area contributed by atoms with Crippen LogP contribution in [0.15, 0.2) is 48.7 Å². The molecule has 2 fully saturated rings. The number of ether oxygens (including phenoxy) is 1. The molecule has 0 radical (unpaired) electrons. The van der Waals surface area contributed by atoms with Crippen molar-refractivity contribution in [3.05, 3.63) is 60.0 Å². The lowest BCUT2D eigenvalue weighted by Gasteiger charge is -2.32. The molecule has 2 saturated heterocycles. The van der Waals surface area contributed by atoms with Crippen molar-refractivity contribution in [1.82, 2.24) is 9.88 Å². The summed E-state index contributed by atoms with van der Waals surface area (Å²) < 4.78 is 19.1. The van der Waals surface area contributed by atoms with Gasteiger partial charge in [-0.3, -0.25) is 4.90 Å². The molecule has 0 unspecified atom stereocenters. The molecule has 3 heterocycles. The summed E-state index contributed by atoms with van der Waals surface area (Å²) in [6.07, 6.45) is 2.97. The normalized spacial score (nSPS) is 24.6. The van der Waals surface area contributed by atoms with Crippen molar-refractivity contribution < 1.29 is 9.13 Å². The molecule has 132 valence electrons. The third-order valence-corrected chi connectivity index (χ3v) is 5.25. The molecule has 2 aliphatic heterocycles. The predicted octanol–water partition coefficient (Wildman–Crippen LogP) is 2.95. The van der Waals surface area contributed by atoms with E-state index in [9.17, 15) is 4.39 Å².